The molecule has 27 heavy (non-hydrogen) atoms. The first-order chi connectivity index (χ1) is 12.2. The third kappa shape index (κ3) is 3.83. The van der Waals surface area contributed by atoms with Crippen LogP contribution in [0.3, 0.4) is 0 Å². The van der Waals surface area contributed by atoms with Gasteiger partial charge in [-0.3, -0.25) is 4.99 Å². The van der Waals surface area contributed by atoms with Gasteiger partial charge in [0.05, 0.1) is 4.91 Å². The lowest BCUT2D eigenvalue weighted by atomic mass is 9.87. The van der Waals surface area contributed by atoms with E-state index >= 15 is 0 Å². The Morgan fingerprint density at radius 2 is 1.78 bits per heavy atom. The summed E-state index contributed by atoms with van der Waals surface area (Å²) in [6.45, 7) is 0. The van der Waals surface area contributed by atoms with Gasteiger partial charge in [0, 0.05) is 25.5 Å². The molecule has 2 rings (SSSR count). The van der Waals surface area contributed by atoms with Gasteiger partial charge in [-0.15, -0.1) is 0 Å². The fourth-order valence-electron chi connectivity index (χ4n) is 2.68. The van der Waals surface area contributed by atoms with E-state index in [-0.39, 0.29) is 11.3 Å². The summed E-state index contributed by atoms with van der Waals surface area (Å²) in [5, 5.41) is 9.37. The second-order valence-electron chi connectivity index (χ2n) is 6.01. The van der Waals surface area contributed by atoms with E-state index in [9.17, 15) is 39.9 Å². The summed E-state index contributed by atoms with van der Waals surface area (Å²) in [6.07, 6.45) is -7.30. The first-order valence-electron chi connectivity index (χ1n) is 7.66. The van der Waals surface area contributed by atoms with E-state index in [1.54, 1.807) is 0 Å². The molecule has 152 valence electrons. The van der Waals surface area contributed by atoms with Crippen molar-refractivity contribution in [2.75, 3.05) is 7.05 Å². The molecule has 0 radical (unpaired) electrons. The van der Waals surface area contributed by atoms with Crippen molar-refractivity contribution >= 4 is 16.2 Å². The maximum atomic E-state index is 12.9. The van der Waals surface area contributed by atoms with Crippen LogP contribution < -0.4 is 0 Å². The summed E-state index contributed by atoms with van der Waals surface area (Å²) >= 11 is 0. The van der Waals surface area contributed by atoms with E-state index in [0.29, 0.717) is 18.6 Å². The van der Waals surface area contributed by atoms with Gasteiger partial charge in [0.2, 0.25) is 10.0 Å². The molecule has 0 spiro atoms. The third-order valence-electron chi connectivity index (χ3n) is 4.34. The van der Waals surface area contributed by atoms with Gasteiger partial charge in [0.1, 0.15) is 0 Å². The maximum Gasteiger partial charge on any atom is 0.430 e. The van der Waals surface area contributed by atoms with Gasteiger partial charge in [-0.2, -0.15) is 30.6 Å². The number of hydrogen-bond acceptors (Lipinski definition) is 4. The molecule has 1 aliphatic heterocycles. The Balaban J connectivity index is 2.27. The van der Waals surface area contributed by atoms with E-state index in [2.05, 4.69) is 4.99 Å². The Morgan fingerprint density at radius 1 is 1.19 bits per heavy atom. The number of rotatable bonds is 4. The number of allylic oxidation sites excluding steroid dienone is 1. The quantitative estimate of drug-likeness (QED) is 0.714. The topological polar surface area (TPSA) is 70.0 Å². The first-order valence-corrected chi connectivity index (χ1v) is 9.10. The van der Waals surface area contributed by atoms with E-state index in [1.807, 2.05) is 0 Å². The highest BCUT2D eigenvalue weighted by Crippen LogP contribution is 2.48. The Kier molecular flexibility index (Phi) is 5.66. The van der Waals surface area contributed by atoms with Crippen LogP contribution in [0.1, 0.15) is 19.3 Å². The lowest BCUT2D eigenvalue weighted by Crippen LogP contribution is -2.58. The molecule has 1 atom stereocenters. The molecule has 1 unspecified atom stereocenters. The van der Waals surface area contributed by atoms with Gasteiger partial charge in [0.25, 0.3) is 5.60 Å². The van der Waals surface area contributed by atoms with Crippen molar-refractivity contribution in [3.63, 3.8) is 0 Å². The number of hydrogen-bond donors (Lipinski definition) is 1. The minimum Gasteiger partial charge on any atom is -0.370 e. The van der Waals surface area contributed by atoms with E-state index < -0.39 is 46.0 Å². The zero-order valence-corrected chi connectivity index (χ0v) is 14.7. The van der Waals surface area contributed by atoms with Crippen LogP contribution in [0.15, 0.2) is 39.9 Å². The minimum absolute atomic E-state index is 0.00207. The molecule has 0 saturated heterocycles. The van der Waals surface area contributed by atoms with Crippen molar-refractivity contribution in [1.29, 1.82) is 0 Å². The third-order valence-corrected chi connectivity index (χ3v) is 6.34. The van der Waals surface area contributed by atoms with Crippen LogP contribution in [-0.2, 0) is 10.0 Å². The minimum atomic E-state index is -5.99. The van der Waals surface area contributed by atoms with E-state index in [0.717, 1.165) is 16.6 Å². The monoisotopic (exact) mass is 418 g/mol. The number of halogens is 6. The Bertz CT molecular complexity index is 794. The molecule has 12 heteroatoms. The predicted octanol–water partition coefficient (Wildman–Crippen LogP) is 3.06. The second kappa shape index (κ2) is 7.06. The Labute approximate surface area is 151 Å². The van der Waals surface area contributed by atoms with Gasteiger partial charge in [-0.1, -0.05) is 18.2 Å². The molecule has 1 heterocycles. The van der Waals surface area contributed by atoms with Gasteiger partial charge in [-0.05, 0) is 24.8 Å². The summed E-state index contributed by atoms with van der Waals surface area (Å²) in [5.41, 5.74) is -6.43. The highest BCUT2D eigenvalue weighted by atomic mass is 32.2. The first kappa shape index (κ1) is 21.6. The molecular weight excluding hydrogens is 402 g/mol. The molecule has 5 nitrogen and oxygen atoms in total. The smallest absolute Gasteiger partial charge is 0.370 e. The standard InChI is InChI=1S/C15H16F6N2O3S/c1-23(27(25,26)12-3-2-8-22-9-12)11-6-4-10(5-7-11)13(24,14(16,17)18)15(19,20)21/h4-6,8-9,11,24H,2-3,7H2,1H3. The van der Waals surface area contributed by atoms with Crippen molar-refractivity contribution in [2.24, 2.45) is 4.99 Å². The van der Waals surface area contributed by atoms with Gasteiger partial charge >= 0.3 is 12.4 Å². The number of likely N-dealkylation sites (N-methyl/N-ethyl adjacent to an activating group) is 1. The van der Waals surface area contributed by atoms with Gasteiger partial charge < -0.3 is 5.11 Å². The summed E-state index contributed by atoms with van der Waals surface area (Å²) in [4.78, 5) is 3.74. The fraction of sp³-hybridized carbons (Fsp3) is 0.533. The average molecular weight is 418 g/mol. The van der Waals surface area contributed by atoms with Crippen molar-refractivity contribution in [3.8, 4) is 0 Å². The largest absolute Gasteiger partial charge is 0.430 e. The molecule has 1 N–H and O–H groups in total. The molecule has 0 fully saturated rings. The Morgan fingerprint density at radius 3 is 2.19 bits per heavy atom. The van der Waals surface area contributed by atoms with E-state index in [4.69, 9.17) is 0 Å². The zero-order chi connectivity index (χ0) is 20.7. The average Bonchev–Trinajstić information content (AvgIpc) is 2.59. The molecule has 0 aromatic heterocycles. The Hall–Kier alpha value is -1.66. The normalized spacial score (nSPS) is 22.0. The highest BCUT2D eigenvalue weighted by molar-refractivity contribution is 7.93. The molecule has 0 aromatic carbocycles. The van der Waals surface area contributed by atoms with Crippen LogP contribution >= 0.6 is 0 Å². The molecule has 0 saturated carbocycles. The van der Waals surface area contributed by atoms with Gasteiger partial charge in [-0.25, -0.2) is 8.42 Å². The van der Waals surface area contributed by atoms with Crippen molar-refractivity contribution in [1.82, 2.24) is 4.31 Å². The summed E-state index contributed by atoms with van der Waals surface area (Å²) in [7, 11) is -2.81. The number of aliphatic hydroxyl groups is 1. The van der Waals surface area contributed by atoms with Crippen LogP contribution in [0, 0.1) is 0 Å². The molecule has 0 bridgehead atoms. The van der Waals surface area contributed by atoms with Crippen LogP contribution in [0.25, 0.3) is 0 Å². The zero-order valence-electron chi connectivity index (χ0n) is 13.9. The fourth-order valence-corrected chi connectivity index (χ4v) is 4.13. The predicted molar refractivity (Wildman–Crippen MR) is 85.2 cm³/mol. The van der Waals surface area contributed by atoms with Crippen molar-refractivity contribution in [3.05, 3.63) is 34.9 Å². The molecule has 0 amide bonds. The highest BCUT2D eigenvalue weighted by Gasteiger charge is 2.71. The number of nitrogens with zero attached hydrogens (tertiary/aromatic N) is 2. The van der Waals surface area contributed by atoms with Crippen molar-refractivity contribution < 1.29 is 39.9 Å². The van der Waals surface area contributed by atoms with Crippen LogP contribution in [0.2, 0.25) is 0 Å². The lowest BCUT2D eigenvalue weighted by Gasteiger charge is -2.35. The second-order valence-corrected chi connectivity index (χ2v) is 8.07. The summed E-state index contributed by atoms with van der Waals surface area (Å²) < 4.78 is 103. The summed E-state index contributed by atoms with van der Waals surface area (Å²) in [6, 6.07) is -1.00. The maximum absolute atomic E-state index is 12.9. The van der Waals surface area contributed by atoms with Crippen LogP contribution in [0.4, 0.5) is 26.3 Å². The van der Waals surface area contributed by atoms with E-state index in [1.165, 1.54) is 13.3 Å². The molecule has 0 aromatic rings. The number of sulfonamides is 1. The molecule has 1 aliphatic carbocycles. The molecular formula is C15H16F6N2O3S. The van der Waals surface area contributed by atoms with Crippen LogP contribution in [0.5, 0.6) is 0 Å². The number of alkyl halides is 6. The lowest BCUT2D eigenvalue weighted by molar-refractivity contribution is -0.351. The molecule has 2 aliphatic rings. The number of aliphatic imine (C=N–C) groups is 1. The summed E-state index contributed by atoms with van der Waals surface area (Å²) in [5.74, 6) is 0. The van der Waals surface area contributed by atoms with Gasteiger partial charge in [0.15, 0.2) is 0 Å². The van der Waals surface area contributed by atoms with Crippen LogP contribution in [-0.4, -0.2) is 55.1 Å². The SMILES string of the molecule is CN(C1C=CC(C(O)(C(F)(F)F)C(F)(F)F)=CC1)S(=O)(=O)C1=CN=CCC1. The van der Waals surface area contributed by atoms with Crippen molar-refractivity contribution in [2.45, 2.75) is 43.3 Å².